The van der Waals surface area contributed by atoms with Crippen molar-refractivity contribution in [2.75, 3.05) is 5.75 Å². The van der Waals surface area contributed by atoms with Crippen LogP contribution < -0.4 is 5.73 Å². The maximum absolute atomic E-state index is 10.9. The molecule has 72 valence electrons. The van der Waals surface area contributed by atoms with Gasteiger partial charge in [-0.05, 0) is 25.0 Å². The van der Waals surface area contributed by atoms with Crippen molar-refractivity contribution >= 4 is 31.2 Å². The molecule has 0 aromatic heterocycles. The zero-order valence-corrected chi connectivity index (χ0v) is 9.15. The van der Waals surface area contributed by atoms with Crippen LogP contribution in [0.2, 0.25) is 0 Å². The number of rotatable bonds is 6. The van der Waals surface area contributed by atoms with Crippen LogP contribution >= 0.6 is 25.3 Å². The molecule has 0 spiro atoms. The third-order valence-corrected chi connectivity index (χ3v) is 2.74. The predicted octanol–water partition coefficient (Wildman–Crippen LogP) is 1.51. The van der Waals surface area contributed by atoms with Crippen LogP contribution in [0.25, 0.3) is 0 Å². The number of thiol groups is 2. The van der Waals surface area contributed by atoms with Gasteiger partial charge >= 0.3 is 0 Å². The van der Waals surface area contributed by atoms with Gasteiger partial charge in [0.05, 0.1) is 0 Å². The van der Waals surface area contributed by atoms with E-state index in [4.69, 9.17) is 5.73 Å². The molecule has 1 amide bonds. The van der Waals surface area contributed by atoms with Gasteiger partial charge in [0.25, 0.3) is 0 Å². The quantitative estimate of drug-likeness (QED) is 0.568. The van der Waals surface area contributed by atoms with Crippen molar-refractivity contribution in [1.82, 2.24) is 0 Å². The third-order valence-electron chi connectivity index (χ3n) is 1.91. The zero-order valence-electron chi connectivity index (χ0n) is 7.36. The highest BCUT2D eigenvalue weighted by Gasteiger charge is 2.17. The van der Waals surface area contributed by atoms with E-state index in [0.717, 1.165) is 19.3 Å². The summed E-state index contributed by atoms with van der Waals surface area (Å²) in [5.41, 5.74) is 5.22. The van der Waals surface area contributed by atoms with Crippen molar-refractivity contribution in [3.63, 3.8) is 0 Å². The summed E-state index contributed by atoms with van der Waals surface area (Å²) in [6.45, 7) is 2.05. The lowest BCUT2D eigenvalue weighted by Gasteiger charge is -2.15. The number of hydrogen-bond donors (Lipinski definition) is 3. The average molecular weight is 207 g/mol. The topological polar surface area (TPSA) is 43.1 Å². The lowest BCUT2D eigenvalue weighted by Crippen LogP contribution is -2.26. The summed E-state index contributed by atoms with van der Waals surface area (Å²) in [6.07, 6.45) is 2.50. The van der Waals surface area contributed by atoms with Crippen molar-refractivity contribution in [3.05, 3.63) is 0 Å². The van der Waals surface area contributed by atoms with Gasteiger partial charge in [0.1, 0.15) is 0 Å². The first-order chi connectivity index (χ1) is 5.61. The first kappa shape index (κ1) is 12.2. The van der Waals surface area contributed by atoms with E-state index in [1.54, 1.807) is 0 Å². The predicted molar refractivity (Wildman–Crippen MR) is 58.8 cm³/mol. The van der Waals surface area contributed by atoms with E-state index in [0.29, 0.717) is 5.75 Å². The van der Waals surface area contributed by atoms with Crippen LogP contribution in [-0.2, 0) is 4.79 Å². The fourth-order valence-corrected chi connectivity index (χ4v) is 1.59. The largest absolute Gasteiger partial charge is 0.369 e. The Labute approximate surface area is 85.1 Å². The van der Waals surface area contributed by atoms with Crippen molar-refractivity contribution < 1.29 is 4.79 Å². The van der Waals surface area contributed by atoms with Crippen LogP contribution in [0.1, 0.15) is 26.2 Å². The minimum Gasteiger partial charge on any atom is -0.369 e. The van der Waals surface area contributed by atoms with Crippen LogP contribution in [0.4, 0.5) is 0 Å². The first-order valence-corrected chi connectivity index (χ1v) is 5.34. The minimum absolute atomic E-state index is 0.0510. The van der Waals surface area contributed by atoms with Crippen LogP contribution in [0, 0.1) is 5.92 Å². The Hall–Kier alpha value is 0.170. The fourth-order valence-electron chi connectivity index (χ4n) is 1.03. The summed E-state index contributed by atoms with van der Waals surface area (Å²) < 4.78 is 0. The summed E-state index contributed by atoms with van der Waals surface area (Å²) >= 11 is 8.40. The molecule has 0 aromatic carbocycles. The molecule has 0 bridgehead atoms. The third kappa shape index (κ3) is 4.93. The van der Waals surface area contributed by atoms with E-state index < -0.39 is 0 Å². The molecule has 2 N–H and O–H groups in total. The Morgan fingerprint density at radius 3 is 2.50 bits per heavy atom. The van der Waals surface area contributed by atoms with Gasteiger partial charge in [-0.15, -0.1) is 0 Å². The normalized spacial score (nSPS) is 15.6. The van der Waals surface area contributed by atoms with E-state index in [2.05, 4.69) is 32.2 Å². The van der Waals surface area contributed by atoms with Gasteiger partial charge in [-0.3, -0.25) is 4.79 Å². The highest BCUT2D eigenvalue weighted by atomic mass is 32.1. The second-order valence-electron chi connectivity index (χ2n) is 2.91. The number of carbonyl (C=O) groups is 1. The smallest absolute Gasteiger partial charge is 0.220 e. The number of primary amides is 1. The molecule has 0 aliphatic rings. The molecule has 0 heterocycles. The molecule has 4 heteroatoms. The first-order valence-electron chi connectivity index (χ1n) is 4.20. The Bertz CT molecular complexity index is 141. The minimum atomic E-state index is -0.225. The summed E-state index contributed by atoms with van der Waals surface area (Å²) in [5.74, 6) is 0.430. The Kier molecular flexibility index (Phi) is 6.76. The zero-order chi connectivity index (χ0) is 9.56. The van der Waals surface area contributed by atoms with Crippen molar-refractivity contribution in [2.24, 2.45) is 11.7 Å². The van der Waals surface area contributed by atoms with Gasteiger partial charge in [0.15, 0.2) is 0 Å². The van der Waals surface area contributed by atoms with Crippen LogP contribution in [0.5, 0.6) is 0 Å². The second-order valence-corrected chi connectivity index (χ2v) is 4.09. The monoisotopic (exact) mass is 207 g/mol. The standard InChI is InChI=1S/C8H17NOS2/c1-2-7(12)5-6(3-4-11)8(9)10/h6-7,11-12H,2-5H2,1H3,(H2,9,10). The van der Waals surface area contributed by atoms with Crippen molar-refractivity contribution in [3.8, 4) is 0 Å². The summed E-state index contributed by atoms with van der Waals surface area (Å²) in [5, 5.41) is 0.280. The van der Waals surface area contributed by atoms with Crippen molar-refractivity contribution in [1.29, 1.82) is 0 Å². The number of carbonyl (C=O) groups excluding carboxylic acids is 1. The summed E-state index contributed by atoms with van der Waals surface area (Å²) in [6, 6.07) is 0. The van der Waals surface area contributed by atoms with Gasteiger partial charge in [-0.25, -0.2) is 0 Å². The molecule has 2 unspecified atom stereocenters. The Morgan fingerprint density at radius 2 is 2.17 bits per heavy atom. The molecule has 0 rings (SSSR count). The van der Waals surface area contributed by atoms with Gasteiger partial charge in [0, 0.05) is 11.2 Å². The maximum Gasteiger partial charge on any atom is 0.220 e. The lowest BCUT2D eigenvalue weighted by molar-refractivity contribution is -0.122. The maximum atomic E-state index is 10.9. The molecular weight excluding hydrogens is 190 g/mol. The van der Waals surface area contributed by atoms with Crippen LogP contribution in [-0.4, -0.2) is 16.9 Å². The van der Waals surface area contributed by atoms with Gasteiger partial charge in [0.2, 0.25) is 5.91 Å². The number of hydrogen-bond acceptors (Lipinski definition) is 3. The molecule has 0 radical (unpaired) electrons. The number of nitrogens with two attached hydrogens (primary N) is 1. The van der Waals surface area contributed by atoms with Gasteiger partial charge in [-0.1, -0.05) is 6.92 Å². The van der Waals surface area contributed by atoms with E-state index in [9.17, 15) is 4.79 Å². The molecule has 2 atom stereocenters. The fraction of sp³-hybridized carbons (Fsp3) is 0.875. The highest BCUT2D eigenvalue weighted by Crippen LogP contribution is 2.17. The number of amides is 1. The van der Waals surface area contributed by atoms with E-state index in [-0.39, 0.29) is 17.1 Å². The molecule has 0 saturated carbocycles. The van der Waals surface area contributed by atoms with Crippen LogP contribution in [0.3, 0.4) is 0 Å². The lowest BCUT2D eigenvalue weighted by atomic mass is 9.98. The molecule has 0 aliphatic carbocycles. The second kappa shape index (κ2) is 6.66. The van der Waals surface area contributed by atoms with Gasteiger partial charge < -0.3 is 5.73 Å². The Morgan fingerprint density at radius 1 is 1.58 bits per heavy atom. The molecule has 0 fully saturated rings. The molecule has 12 heavy (non-hydrogen) atoms. The van der Waals surface area contributed by atoms with Gasteiger partial charge in [-0.2, -0.15) is 25.3 Å². The SMILES string of the molecule is CCC(S)CC(CCS)C(N)=O. The summed E-state index contributed by atoms with van der Waals surface area (Å²) in [4.78, 5) is 10.9. The van der Waals surface area contributed by atoms with Crippen molar-refractivity contribution in [2.45, 2.75) is 31.4 Å². The highest BCUT2D eigenvalue weighted by molar-refractivity contribution is 7.81. The van der Waals surface area contributed by atoms with E-state index >= 15 is 0 Å². The average Bonchev–Trinajstić information content (AvgIpc) is 2.03. The van der Waals surface area contributed by atoms with E-state index in [1.165, 1.54) is 0 Å². The Balaban J connectivity index is 3.86. The van der Waals surface area contributed by atoms with E-state index in [1.807, 2.05) is 0 Å². The molecule has 0 aromatic rings. The molecule has 0 saturated heterocycles. The summed E-state index contributed by atoms with van der Waals surface area (Å²) in [7, 11) is 0. The van der Waals surface area contributed by atoms with Crippen LogP contribution in [0.15, 0.2) is 0 Å². The molecule has 2 nitrogen and oxygen atoms in total. The molecular formula is C8H17NOS2. The molecule has 0 aliphatic heterocycles.